The molecule has 0 aliphatic carbocycles. The molecule has 0 saturated heterocycles. The summed E-state index contributed by atoms with van der Waals surface area (Å²) in [7, 11) is 0. The van der Waals surface area contributed by atoms with E-state index in [1.165, 1.54) is 0 Å². The van der Waals surface area contributed by atoms with Gasteiger partial charge < -0.3 is 15.9 Å². The zero-order valence-corrected chi connectivity index (χ0v) is 6.36. The van der Waals surface area contributed by atoms with Crippen molar-refractivity contribution in [2.75, 3.05) is 32.8 Å². The smallest absolute Gasteiger partial charge is 0.231 e. The highest BCUT2D eigenvalue weighted by Crippen LogP contribution is 1.84. The van der Waals surface area contributed by atoms with E-state index in [4.69, 9.17) is 15.9 Å². The Kier molecular flexibility index (Phi) is 5.73. The Hall–Kier alpha value is -0.650. The van der Waals surface area contributed by atoms with Crippen molar-refractivity contribution in [1.82, 2.24) is 4.90 Å². The van der Waals surface area contributed by atoms with Crippen molar-refractivity contribution in [3.8, 4) is 0 Å². The lowest BCUT2D eigenvalue weighted by molar-refractivity contribution is -0.119. The van der Waals surface area contributed by atoms with E-state index in [9.17, 15) is 4.79 Å². The predicted octanol–water partition coefficient (Wildman–Crippen LogP) is -2.24. The van der Waals surface area contributed by atoms with Crippen LogP contribution in [-0.4, -0.2) is 53.9 Å². The second-order valence-corrected chi connectivity index (χ2v) is 2.19. The maximum Gasteiger partial charge on any atom is 0.231 e. The van der Waals surface area contributed by atoms with Crippen LogP contribution in [0.5, 0.6) is 0 Å². The van der Waals surface area contributed by atoms with E-state index < -0.39 is 5.91 Å². The quantitative estimate of drug-likeness (QED) is 0.412. The average molecular weight is 162 g/mol. The van der Waals surface area contributed by atoms with E-state index in [0.29, 0.717) is 13.1 Å². The second kappa shape index (κ2) is 6.09. The highest BCUT2D eigenvalue weighted by atomic mass is 16.3. The monoisotopic (exact) mass is 162 g/mol. The van der Waals surface area contributed by atoms with Crippen molar-refractivity contribution in [1.29, 1.82) is 0 Å². The standard InChI is InChI=1S/C6H14N2O3/c7-6(11)5-8(1-3-9)2-4-10/h9-10H,1-5H2,(H2,7,11). The molecule has 0 spiro atoms. The zero-order chi connectivity index (χ0) is 8.69. The van der Waals surface area contributed by atoms with Crippen molar-refractivity contribution in [3.63, 3.8) is 0 Å². The largest absolute Gasteiger partial charge is 0.395 e. The molecule has 0 unspecified atom stereocenters. The van der Waals surface area contributed by atoms with Crippen molar-refractivity contribution < 1.29 is 15.0 Å². The van der Waals surface area contributed by atoms with Crippen LogP contribution in [0.15, 0.2) is 0 Å². The minimum absolute atomic E-state index is 0.0344. The van der Waals surface area contributed by atoms with Crippen molar-refractivity contribution >= 4 is 5.91 Å². The van der Waals surface area contributed by atoms with Crippen LogP contribution in [0.2, 0.25) is 0 Å². The van der Waals surface area contributed by atoms with Gasteiger partial charge in [0.1, 0.15) is 0 Å². The summed E-state index contributed by atoms with van der Waals surface area (Å²) in [6, 6.07) is 0. The normalized spacial score (nSPS) is 10.5. The van der Waals surface area contributed by atoms with Crippen LogP contribution >= 0.6 is 0 Å². The molecule has 0 aliphatic rings. The van der Waals surface area contributed by atoms with Gasteiger partial charge >= 0.3 is 0 Å². The lowest BCUT2D eigenvalue weighted by Gasteiger charge is -2.17. The van der Waals surface area contributed by atoms with E-state index in [1.807, 2.05) is 0 Å². The van der Waals surface area contributed by atoms with Crippen LogP contribution in [0.4, 0.5) is 0 Å². The first-order valence-electron chi connectivity index (χ1n) is 3.43. The molecule has 0 heterocycles. The molecule has 0 rings (SSSR count). The van der Waals surface area contributed by atoms with E-state index in [0.717, 1.165) is 0 Å². The summed E-state index contributed by atoms with van der Waals surface area (Å²) >= 11 is 0. The molecule has 0 bridgehead atoms. The number of carbonyl (C=O) groups is 1. The topological polar surface area (TPSA) is 86.8 Å². The molecule has 1 amide bonds. The fraction of sp³-hybridized carbons (Fsp3) is 0.833. The number of aliphatic hydroxyl groups is 2. The van der Waals surface area contributed by atoms with Crippen molar-refractivity contribution in [3.05, 3.63) is 0 Å². The first-order valence-corrected chi connectivity index (χ1v) is 3.43. The molecule has 0 aromatic rings. The molecule has 0 fully saturated rings. The van der Waals surface area contributed by atoms with Gasteiger partial charge in [0.2, 0.25) is 5.91 Å². The third-order valence-electron chi connectivity index (χ3n) is 1.21. The number of carbonyl (C=O) groups excluding carboxylic acids is 1. The molecule has 4 N–H and O–H groups in total. The van der Waals surface area contributed by atoms with Crippen molar-refractivity contribution in [2.45, 2.75) is 0 Å². The molecule has 0 atom stereocenters. The van der Waals surface area contributed by atoms with Gasteiger partial charge in [-0.2, -0.15) is 0 Å². The molecule has 5 heteroatoms. The summed E-state index contributed by atoms with van der Waals surface area (Å²) in [6.45, 7) is 0.745. The third-order valence-corrected chi connectivity index (χ3v) is 1.21. The molecule has 5 nitrogen and oxygen atoms in total. The van der Waals surface area contributed by atoms with Gasteiger partial charge in [-0.1, -0.05) is 0 Å². The third kappa shape index (κ3) is 5.78. The highest BCUT2D eigenvalue weighted by Gasteiger charge is 2.05. The summed E-state index contributed by atoms with van der Waals surface area (Å²) in [4.78, 5) is 12.0. The first-order chi connectivity index (χ1) is 5.20. The van der Waals surface area contributed by atoms with Gasteiger partial charge in [0.15, 0.2) is 0 Å². The molecule has 0 radical (unpaired) electrons. The van der Waals surface area contributed by atoms with E-state index in [-0.39, 0.29) is 19.8 Å². The Morgan fingerprint density at radius 3 is 2.00 bits per heavy atom. The van der Waals surface area contributed by atoms with Crippen LogP contribution in [0, 0.1) is 0 Å². The van der Waals surface area contributed by atoms with Gasteiger partial charge in [0.05, 0.1) is 19.8 Å². The Morgan fingerprint density at radius 1 is 1.27 bits per heavy atom. The molecule has 0 aromatic carbocycles. The lowest BCUT2D eigenvalue weighted by Crippen LogP contribution is -2.37. The maximum atomic E-state index is 10.4. The summed E-state index contributed by atoms with van der Waals surface area (Å²) in [5, 5.41) is 17.0. The zero-order valence-electron chi connectivity index (χ0n) is 6.36. The minimum atomic E-state index is -0.452. The number of nitrogens with two attached hydrogens (primary N) is 1. The molecule has 0 aliphatic heterocycles. The Balaban J connectivity index is 3.59. The number of amides is 1. The van der Waals surface area contributed by atoms with E-state index >= 15 is 0 Å². The highest BCUT2D eigenvalue weighted by molar-refractivity contribution is 5.75. The van der Waals surface area contributed by atoms with E-state index in [2.05, 4.69) is 0 Å². The van der Waals surface area contributed by atoms with Gasteiger partial charge in [-0.25, -0.2) is 0 Å². The van der Waals surface area contributed by atoms with Gasteiger partial charge in [0, 0.05) is 13.1 Å². The summed E-state index contributed by atoms with van der Waals surface area (Å²) in [6.07, 6.45) is 0. The van der Waals surface area contributed by atoms with E-state index in [1.54, 1.807) is 4.90 Å². The SMILES string of the molecule is NC(=O)CN(CCO)CCO. The number of hydrogen-bond acceptors (Lipinski definition) is 4. The number of aliphatic hydroxyl groups excluding tert-OH is 2. The van der Waals surface area contributed by atoms with Crippen molar-refractivity contribution in [2.24, 2.45) is 5.73 Å². The van der Waals surface area contributed by atoms with Gasteiger partial charge in [-0.15, -0.1) is 0 Å². The van der Waals surface area contributed by atoms with Gasteiger partial charge in [-0.3, -0.25) is 9.69 Å². The Labute approximate surface area is 65.4 Å². The van der Waals surface area contributed by atoms with Crippen LogP contribution in [0.3, 0.4) is 0 Å². The minimum Gasteiger partial charge on any atom is -0.395 e. The molecule has 0 aromatic heterocycles. The summed E-state index contributed by atoms with van der Waals surface area (Å²) in [5.74, 6) is -0.452. The molecular weight excluding hydrogens is 148 g/mol. The molecule has 0 saturated carbocycles. The average Bonchev–Trinajstić information content (AvgIpc) is 1.87. The second-order valence-electron chi connectivity index (χ2n) is 2.19. The van der Waals surface area contributed by atoms with Crippen LogP contribution in [0.25, 0.3) is 0 Å². The number of nitrogens with zero attached hydrogens (tertiary/aromatic N) is 1. The number of hydrogen-bond donors (Lipinski definition) is 3. The number of rotatable bonds is 6. The van der Waals surface area contributed by atoms with Gasteiger partial charge in [-0.05, 0) is 0 Å². The lowest BCUT2D eigenvalue weighted by atomic mass is 10.4. The maximum absolute atomic E-state index is 10.4. The first kappa shape index (κ1) is 10.3. The molecule has 11 heavy (non-hydrogen) atoms. The molecule has 66 valence electrons. The summed E-state index contributed by atoms with van der Waals surface area (Å²) < 4.78 is 0. The Morgan fingerprint density at radius 2 is 1.73 bits per heavy atom. The summed E-state index contributed by atoms with van der Waals surface area (Å²) in [5.41, 5.74) is 4.91. The fourth-order valence-electron chi connectivity index (χ4n) is 0.773. The van der Waals surface area contributed by atoms with Gasteiger partial charge in [0.25, 0.3) is 0 Å². The Bertz CT molecular complexity index is 112. The molecular formula is C6H14N2O3. The predicted molar refractivity (Wildman–Crippen MR) is 39.8 cm³/mol. The van der Waals surface area contributed by atoms with Crippen LogP contribution in [0.1, 0.15) is 0 Å². The number of primary amides is 1. The fourth-order valence-corrected chi connectivity index (χ4v) is 0.773. The van der Waals surface area contributed by atoms with Crippen LogP contribution in [-0.2, 0) is 4.79 Å². The van der Waals surface area contributed by atoms with Crippen LogP contribution < -0.4 is 5.73 Å².